The maximum Gasteiger partial charge on any atom is 0.241 e. The normalized spacial score (nSPS) is 11.5. The maximum atomic E-state index is 13.4. The van der Waals surface area contributed by atoms with Crippen LogP contribution in [0.15, 0.2) is 23.1 Å². The molecule has 1 rings (SSSR count). The number of halogens is 1. The molecule has 0 aliphatic rings. The molecule has 1 aromatic carbocycles. The fraction of sp³-hybridized carbons (Fsp3) is 0.462. The lowest BCUT2D eigenvalue weighted by Gasteiger charge is -2.09. The Bertz CT molecular complexity index is 577. The molecule has 4 nitrogen and oxygen atoms in total. The summed E-state index contributed by atoms with van der Waals surface area (Å²) in [6.45, 7) is 4.38. The first-order valence-corrected chi connectivity index (χ1v) is 7.55. The monoisotopic (exact) mass is 284 g/mol. The topological polar surface area (TPSA) is 70.0 Å². The number of nitriles is 1. The molecule has 0 unspecified atom stereocenters. The van der Waals surface area contributed by atoms with E-state index >= 15 is 0 Å². The number of rotatable bonds is 6. The van der Waals surface area contributed by atoms with E-state index in [-0.39, 0.29) is 11.4 Å². The second-order valence-corrected chi connectivity index (χ2v) is 6.39. The molecular weight excluding hydrogens is 267 g/mol. The van der Waals surface area contributed by atoms with Crippen LogP contribution >= 0.6 is 0 Å². The quantitative estimate of drug-likeness (QED) is 0.815. The van der Waals surface area contributed by atoms with E-state index in [9.17, 15) is 12.8 Å². The minimum absolute atomic E-state index is 0.280. The number of hydrogen-bond donors (Lipinski definition) is 1. The van der Waals surface area contributed by atoms with E-state index in [2.05, 4.69) is 18.6 Å². The largest absolute Gasteiger partial charge is 0.241 e. The Balaban J connectivity index is 2.84. The van der Waals surface area contributed by atoms with Crippen LogP contribution in [0.5, 0.6) is 0 Å². The summed E-state index contributed by atoms with van der Waals surface area (Å²) in [6.07, 6.45) is 1.60. The zero-order valence-corrected chi connectivity index (χ0v) is 11.8. The van der Waals surface area contributed by atoms with Crippen molar-refractivity contribution in [2.24, 2.45) is 5.92 Å². The number of sulfonamides is 1. The molecule has 0 radical (unpaired) electrons. The predicted molar refractivity (Wildman–Crippen MR) is 70.4 cm³/mol. The molecule has 1 aromatic rings. The van der Waals surface area contributed by atoms with Crippen LogP contribution in [0, 0.1) is 23.1 Å². The second-order valence-electron chi connectivity index (χ2n) is 4.66. The lowest BCUT2D eigenvalue weighted by Crippen LogP contribution is -2.26. The average molecular weight is 284 g/mol. The van der Waals surface area contributed by atoms with Crippen LogP contribution in [-0.4, -0.2) is 15.0 Å². The maximum absolute atomic E-state index is 13.4. The van der Waals surface area contributed by atoms with E-state index in [1.807, 2.05) is 0 Å². The van der Waals surface area contributed by atoms with Gasteiger partial charge in [0, 0.05) is 6.54 Å². The molecule has 1 N–H and O–H groups in total. The van der Waals surface area contributed by atoms with Crippen molar-refractivity contribution in [1.29, 1.82) is 5.26 Å². The molecule has 0 fully saturated rings. The number of benzene rings is 1. The highest BCUT2D eigenvalue weighted by molar-refractivity contribution is 7.89. The number of nitrogens with zero attached hydrogens (tertiary/aromatic N) is 1. The molecule has 6 heteroatoms. The Hall–Kier alpha value is -1.45. The summed E-state index contributed by atoms with van der Waals surface area (Å²) < 4.78 is 39.7. The van der Waals surface area contributed by atoms with Gasteiger partial charge in [0.1, 0.15) is 22.3 Å². The molecule has 0 atom stereocenters. The zero-order valence-electron chi connectivity index (χ0n) is 11.0. The van der Waals surface area contributed by atoms with Gasteiger partial charge in [-0.1, -0.05) is 19.9 Å². The van der Waals surface area contributed by atoms with Gasteiger partial charge >= 0.3 is 0 Å². The lowest BCUT2D eigenvalue weighted by molar-refractivity contribution is 0.539. The van der Waals surface area contributed by atoms with Crippen molar-refractivity contribution in [2.45, 2.75) is 31.6 Å². The second kappa shape index (κ2) is 6.64. The van der Waals surface area contributed by atoms with Gasteiger partial charge in [-0.2, -0.15) is 5.26 Å². The van der Waals surface area contributed by atoms with Gasteiger partial charge in [0.2, 0.25) is 10.0 Å². The molecule has 0 amide bonds. The molecule has 0 spiro atoms. The third-order valence-electron chi connectivity index (χ3n) is 2.63. The van der Waals surface area contributed by atoms with Crippen LogP contribution < -0.4 is 4.72 Å². The van der Waals surface area contributed by atoms with Gasteiger partial charge in [0.25, 0.3) is 0 Å². The van der Waals surface area contributed by atoms with Crippen molar-refractivity contribution in [3.63, 3.8) is 0 Å². The summed E-state index contributed by atoms with van der Waals surface area (Å²) in [5.41, 5.74) is -0.446. The summed E-state index contributed by atoms with van der Waals surface area (Å²) in [5.74, 6) is -0.333. The molecule has 0 bridgehead atoms. The minimum Gasteiger partial charge on any atom is -0.211 e. The summed E-state index contributed by atoms with van der Waals surface area (Å²) in [6, 6.07) is 5.16. The van der Waals surface area contributed by atoms with Crippen LogP contribution in [0.3, 0.4) is 0 Å². The van der Waals surface area contributed by atoms with E-state index in [0.717, 1.165) is 12.5 Å². The van der Waals surface area contributed by atoms with Crippen molar-refractivity contribution in [2.75, 3.05) is 6.54 Å². The van der Waals surface area contributed by atoms with Crippen LogP contribution in [0.2, 0.25) is 0 Å². The first-order chi connectivity index (χ1) is 8.88. The SMILES string of the molecule is CC(C)CCCNS(=O)(=O)c1cccc(F)c1C#N. The Labute approximate surface area is 113 Å². The summed E-state index contributed by atoms with van der Waals surface area (Å²) >= 11 is 0. The molecule has 0 saturated carbocycles. The smallest absolute Gasteiger partial charge is 0.211 e. The average Bonchev–Trinajstić information content (AvgIpc) is 2.34. The van der Waals surface area contributed by atoms with E-state index in [4.69, 9.17) is 5.26 Å². The third kappa shape index (κ3) is 4.30. The third-order valence-corrected chi connectivity index (χ3v) is 4.13. The Morgan fingerprint density at radius 1 is 1.42 bits per heavy atom. The standard InChI is InChI=1S/C13H17FN2O2S/c1-10(2)5-4-8-16-19(17,18)13-7-3-6-12(14)11(13)9-15/h3,6-7,10,16H,4-5,8H2,1-2H3. The van der Waals surface area contributed by atoms with Gasteiger partial charge in [0.15, 0.2) is 0 Å². The predicted octanol–water partition coefficient (Wildman–Crippen LogP) is 2.41. The summed E-state index contributed by atoms with van der Waals surface area (Å²) in [5, 5.41) is 8.82. The molecule has 0 heterocycles. The first-order valence-electron chi connectivity index (χ1n) is 6.06. The van der Waals surface area contributed by atoms with Crippen LogP contribution in [0.4, 0.5) is 4.39 Å². The summed E-state index contributed by atoms with van der Waals surface area (Å²) in [4.78, 5) is -0.306. The lowest BCUT2D eigenvalue weighted by atomic mass is 10.1. The van der Waals surface area contributed by atoms with Gasteiger partial charge in [-0.25, -0.2) is 17.5 Å². The molecule has 0 aliphatic carbocycles. The van der Waals surface area contributed by atoms with E-state index in [0.29, 0.717) is 12.3 Å². The van der Waals surface area contributed by atoms with E-state index < -0.39 is 21.4 Å². The molecule has 19 heavy (non-hydrogen) atoms. The van der Waals surface area contributed by atoms with Crippen LogP contribution in [0.25, 0.3) is 0 Å². The highest BCUT2D eigenvalue weighted by Gasteiger charge is 2.20. The van der Waals surface area contributed by atoms with Crippen LogP contribution in [0.1, 0.15) is 32.3 Å². The molecular formula is C13H17FN2O2S. The number of hydrogen-bond acceptors (Lipinski definition) is 3. The van der Waals surface area contributed by atoms with Crippen molar-refractivity contribution in [1.82, 2.24) is 4.72 Å². The van der Waals surface area contributed by atoms with Gasteiger partial charge in [0.05, 0.1) is 0 Å². The Morgan fingerprint density at radius 2 is 2.11 bits per heavy atom. The van der Waals surface area contributed by atoms with Crippen molar-refractivity contribution >= 4 is 10.0 Å². The van der Waals surface area contributed by atoms with Crippen molar-refractivity contribution < 1.29 is 12.8 Å². The fourth-order valence-corrected chi connectivity index (χ4v) is 2.87. The van der Waals surface area contributed by atoms with Gasteiger partial charge in [-0.05, 0) is 30.9 Å². The minimum atomic E-state index is -3.84. The summed E-state index contributed by atoms with van der Waals surface area (Å²) in [7, 11) is -3.84. The molecule has 0 aliphatic heterocycles. The highest BCUT2D eigenvalue weighted by Crippen LogP contribution is 2.17. The fourth-order valence-electron chi connectivity index (χ4n) is 1.63. The Kier molecular flexibility index (Phi) is 5.45. The van der Waals surface area contributed by atoms with Crippen molar-refractivity contribution in [3.05, 3.63) is 29.6 Å². The van der Waals surface area contributed by atoms with Gasteiger partial charge in [-0.15, -0.1) is 0 Å². The first kappa shape index (κ1) is 15.6. The molecule has 0 saturated heterocycles. The van der Waals surface area contributed by atoms with E-state index in [1.54, 1.807) is 6.07 Å². The number of nitrogens with one attached hydrogen (secondary N) is 1. The zero-order chi connectivity index (χ0) is 14.5. The van der Waals surface area contributed by atoms with Gasteiger partial charge < -0.3 is 0 Å². The Morgan fingerprint density at radius 3 is 2.68 bits per heavy atom. The van der Waals surface area contributed by atoms with Gasteiger partial charge in [-0.3, -0.25) is 0 Å². The molecule has 104 valence electrons. The van der Waals surface area contributed by atoms with Crippen molar-refractivity contribution in [3.8, 4) is 6.07 Å². The van der Waals surface area contributed by atoms with E-state index in [1.165, 1.54) is 12.1 Å². The molecule has 0 aromatic heterocycles. The van der Waals surface area contributed by atoms with Crippen LogP contribution in [-0.2, 0) is 10.0 Å². The highest BCUT2D eigenvalue weighted by atomic mass is 32.2.